The van der Waals surface area contributed by atoms with Crippen molar-refractivity contribution in [1.29, 1.82) is 0 Å². The molecule has 2 aromatic carbocycles. The zero-order chi connectivity index (χ0) is 18.5. The number of unbranched alkanes of at least 4 members (excludes halogenated alkanes) is 1. The predicted octanol–water partition coefficient (Wildman–Crippen LogP) is 4.47. The van der Waals surface area contributed by atoms with E-state index in [0.29, 0.717) is 6.54 Å². The summed E-state index contributed by atoms with van der Waals surface area (Å²) in [6, 6.07) is 14.3. The van der Waals surface area contributed by atoms with Gasteiger partial charge in [0.2, 0.25) is 0 Å². The number of benzene rings is 2. The number of aliphatic carboxylic acids is 1. The van der Waals surface area contributed by atoms with Crippen LogP contribution in [0, 0.1) is 0 Å². The van der Waals surface area contributed by atoms with Crippen LogP contribution in [0.4, 0.5) is 0 Å². The molecule has 0 bridgehead atoms. The molecule has 0 aliphatic heterocycles. The maximum Gasteiger partial charge on any atom is 0.307 e. The molecule has 26 heavy (non-hydrogen) atoms. The molecule has 0 aliphatic carbocycles. The molecule has 0 unspecified atom stereocenters. The largest absolute Gasteiger partial charge is 0.481 e. The van der Waals surface area contributed by atoms with E-state index in [4.69, 9.17) is 10.8 Å². The molecular formula is C21H24N2O2S. The van der Waals surface area contributed by atoms with Gasteiger partial charge < -0.3 is 15.8 Å². The Balaban J connectivity index is 2.14. The van der Waals surface area contributed by atoms with Crippen molar-refractivity contribution in [3.05, 3.63) is 53.6 Å². The summed E-state index contributed by atoms with van der Waals surface area (Å²) in [5.41, 5.74) is 11.1. The molecule has 3 rings (SSSR count). The van der Waals surface area contributed by atoms with Gasteiger partial charge in [0, 0.05) is 21.4 Å². The van der Waals surface area contributed by atoms with Gasteiger partial charge >= 0.3 is 5.97 Å². The topological polar surface area (TPSA) is 79.1 Å². The number of aromatic nitrogens is 1. The first-order valence-corrected chi connectivity index (χ1v) is 10.0. The first-order chi connectivity index (χ1) is 12.6. The molecule has 136 valence electrons. The monoisotopic (exact) mass is 368 g/mol. The van der Waals surface area contributed by atoms with Gasteiger partial charge in [0.05, 0.1) is 12.1 Å². The number of carbonyl (C=O) groups is 1. The van der Waals surface area contributed by atoms with Gasteiger partial charge in [0.15, 0.2) is 0 Å². The fourth-order valence-corrected chi connectivity index (χ4v) is 3.97. The van der Waals surface area contributed by atoms with E-state index in [0.717, 1.165) is 41.4 Å². The number of hydrogen-bond acceptors (Lipinski definition) is 3. The Labute approximate surface area is 157 Å². The Morgan fingerprint density at radius 3 is 2.73 bits per heavy atom. The Hall–Kier alpha value is -2.24. The molecule has 4 nitrogen and oxygen atoms in total. The molecule has 3 aromatic rings. The summed E-state index contributed by atoms with van der Waals surface area (Å²) >= 11 is 1.73. The highest BCUT2D eigenvalue weighted by Crippen LogP contribution is 2.36. The van der Waals surface area contributed by atoms with E-state index in [9.17, 15) is 4.79 Å². The summed E-state index contributed by atoms with van der Waals surface area (Å²) in [6.45, 7) is 0.684. The first-order valence-electron chi connectivity index (χ1n) is 8.82. The van der Waals surface area contributed by atoms with Crippen molar-refractivity contribution < 1.29 is 9.90 Å². The Bertz CT molecular complexity index is 918. The van der Waals surface area contributed by atoms with Gasteiger partial charge in [-0.15, -0.1) is 11.8 Å². The second kappa shape index (κ2) is 8.43. The van der Waals surface area contributed by atoms with E-state index in [1.165, 1.54) is 16.0 Å². The van der Waals surface area contributed by atoms with Crippen LogP contribution in [0.25, 0.3) is 22.2 Å². The minimum Gasteiger partial charge on any atom is -0.481 e. The Morgan fingerprint density at radius 2 is 2.00 bits per heavy atom. The predicted molar refractivity (Wildman–Crippen MR) is 109 cm³/mol. The first kappa shape index (κ1) is 18.5. The molecule has 0 atom stereocenters. The Kier molecular flexibility index (Phi) is 6.01. The standard InChI is InChI=1S/C21H24N2O2S/c1-26-19-8-3-2-7-16(19)21-15(6-4-5-11-22)17-12-14(13-20(24)25)9-10-18(17)23-21/h2-3,7-10,12,23H,4-6,11,13,22H2,1H3,(H,24,25). The molecule has 0 saturated carbocycles. The molecule has 5 heteroatoms. The van der Waals surface area contributed by atoms with Crippen LogP contribution >= 0.6 is 11.8 Å². The average Bonchev–Trinajstić information content (AvgIpc) is 2.99. The van der Waals surface area contributed by atoms with Crippen LogP contribution in [0.5, 0.6) is 0 Å². The molecule has 1 heterocycles. The fraction of sp³-hybridized carbons (Fsp3) is 0.286. The van der Waals surface area contributed by atoms with Gasteiger partial charge in [0.25, 0.3) is 0 Å². The summed E-state index contributed by atoms with van der Waals surface area (Å²) < 4.78 is 0. The lowest BCUT2D eigenvalue weighted by Crippen LogP contribution is -2.00. The molecule has 1 aromatic heterocycles. The van der Waals surface area contributed by atoms with Crippen molar-refractivity contribution in [3.63, 3.8) is 0 Å². The number of hydrogen-bond donors (Lipinski definition) is 3. The molecule has 4 N–H and O–H groups in total. The van der Waals surface area contributed by atoms with E-state index < -0.39 is 5.97 Å². The van der Waals surface area contributed by atoms with Crippen molar-refractivity contribution >= 4 is 28.6 Å². The highest BCUT2D eigenvalue weighted by molar-refractivity contribution is 7.98. The van der Waals surface area contributed by atoms with Crippen molar-refractivity contribution in [2.75, 3.05) is 12.8 Å². The number of carboxylic acids is 1. The fourth-order valence-electron chi connectivity index (χ4n) is 3.37. The van der Waals surface area contributed by atoms with Crippen LogP contribution in [0.2, 0.25) is 0 Å². The number of nitrogens with one attached hydrogen (secondary N) is 1. The summed E-state index contributed by atoms with van der Waals surface area (Å²) in [7, 11) is 0. The number of rotatable bonds is 8. The third-order valence-electron chi connectivity index (χ3n) is 4.58. The van der Waals surface area contributed by atoms with Crippen LogP contribution in [0.15, 0.2) is 47.4 Å². The van der Waals surface area contributed by atoms with Crippen LogP contribution in [0.3, 0.4) is 0 Å². The molecule has 0 spiro atoms. The smallest absolute Gasteiger partial charge is 0.307 e. The van der Waals surface area contributed by atoms with Gasteiger partial charge in [0.1, 0.15) is 0 Å². The Morgan fingerprint density at radius 1 is 1.19 bits per heavy atom. The summed E-state index contributed by atoms with van der Waals surface area (Å²) in [6.07, 6.45) is 5.04. The molecule has 0 fully saturated rings. The summed E-state index contributed by atoms with van der Waals surface area (Å²) in [4.78, 5) is 15.9. The number of H-pyrrole nitrogens is 1. The molecule has 0 amide bonds. The molecule has 0 aliphatic rings. The summed E-state index contributed by atoms with van der Waals surface area (Å²) in [5.74, 6) is -0.808. The minimum atomic E-state index is -0.808. The van der Waals surface area contributed by atoms with E-state index in [1.54, 1.807) is 11.8 Å². The average molecular weight is 369 g/mol. The zero-order valence-electron chi connectivity index (χ0n) is 14.9. The zero-order valence-corrected chi connectivity index (χ0v) is 15.7. The second-order valence-corrected chi connectivity index (χ2v) is 7.22. The van der Waals surface area contributed by atoms with Gasteiger partial charge in [-0.3, -0.25) is 4.79 Å². The van der Waals surface area contributed by atoms with E-state index in [-0.39, 0.29) is 6.42 Å². The number of aromatic amines is 1. The highest BCUT2D eigenvalue weighted by Gasteiger charge is 2.16. The molecule has 0 saturated heterocycles. The normalized spacial score (nSPS) is 11.2. The van der Waals surface area contributed by atoms with Crippen molar-refractivity contribution in [1.82, 2.24) is 4.98 Å². The molecular weight excluding hydrogens is 344 g/mol. The highest BCUT2D eigenvalue weighted by atomic mass is 32.2. The van der Waals surface area contributed by atoms with Crippen molar-refractivity contribution in [2.45, 2.75) is 30.6 Å². The number of carboxylic acid groups (broad SMARTS) is 1. The van der Waals surface area contributed by atoms with Crippen LogP contribution in [0.1, 0.15) is 24.0 Å². The van der Waals surface area contributed by atoms with Gasteiger partial charge in [-0.25, -0.2) is 0 Å². The number of aryl methyl sites for hydroxylation is 1. The maximum absolute atomic E-state index is 11.1. The van der Waals surface area contributed by atoms with Crippen molar-refractivity contribution in [3.8, 4) is 11.3 Å². The van der Waals surface area contributed by atoms with Gasteiger partial charge in [-0.2, -0.15) is 0 Å². The summed E-state index contributed by atoms with van der Waals surface area (Å²) in [5, 5.41) is 10.2. The number of fused-ring (bicyclic) bond motifs is 1. The minimum absolute atomic E-state index is 0.0418. The lowest BCUT2D eigenvalue weighted by molar-refractivity contribution is -0.136. The van der Waals surface area contributed by atoms with E-state index >= 15 is 0 Å². The van der Waals surface area contributed by atoms with Crippen molar-refractivity contribution in [2.24, 2.45) is 5.73 Å². The number of nitrogens with two attached hydrogens (primary N) is 1. The van der Waals surface area contributed by atoms with Gasteiger partial charge in [-0.05, 0) is 61.4 Å². The van der Waals surface area contributed by atoms with Crippen LogP contribution in [-0.4, -0.2) is 28.9 Å². The SMILES string of the molecule is CSc1ccccc1-c1[nH]c2ccc(CC(=O)O)cc2c1CCCCN. The lowest BCUT2D eigenvalue weighted by Gasteiger charge is -2.09. The van der Waals surface area contributed by atoms with E-state index in [2.05, 4.69) is 35.5 Å². The van der Waals surface area contributed by atoms with Crippen LogP contribution in [-0.2, 0) is 17.6 Å². The van der Waals surface area contributed by atoms with Gasteiger partial charge in [-0.1, -0.05) is 24.3 Å². The van der Waals surface area contributed by atoms with E-state index in [1.807, 2.05) is 18.2 Å². The van der Waals surface area contributed by atoms with Crippen LogP contribution < -0.4 is 5.73 Å². The third-order valence-corrected chi connectivity index (χ3v) is 5.38. The maximum atomic E-state index is 11.1. The quantitative estimate of drug-likeness (QED) is 0.405. The number of thioether (sulfide) groups is 1. The third kappa shape index (κ3) is 3.94. The second-order valence-electron chi connectivity index (χ2n) is 6.38. The molecule has 0 radical (unpaired) electrons. The lowest BCUT2D eigenvalue weighted by atomic mass is 9.99.